The Morgan fingerprint density at radius 3 is 2.61 bits per heavy atom. The first kappa shape index (κ1) is 23.0. The largest absolute Gasteiger partial charge is 0.444 e. The van der Waals surface area contributed by atoms with E-state index in [0.29, 0.717) is 56.4 Å². The van der Waals surface area contributed by atoms with E-state index in [2.05, 4.69) is 20.8 Å². The van der Waals surface area contributed by atoms with E-state index in [1.165, 1.54) is 24.4 Å². The summed E-state index contributed by atoms with van der Waals surface area (Å²) in [5.74, 6) is -0.747. The Morgan fingerprint density at radius 1 is 1.15 bits per heavy atom. The van der Waals surface area contributed by atoms with E-state index in [0.717, 1.165) is 0 Å². The number of aromatic amines is 1. The lowest BCUT2D eigenvalue weighted by atomic mass is 9.91. The summed E-state index contributed by atoms with van der Waals surface area (Å²) in [6.07, 6.45) is 4.12. The van der Waals surface area contributed by atoms with Crippen LogP contribution in [-0.2, 0) is 4.74 Å². The highest BCUT2D eigenvalue weighted by molar-refractivity contribution is 6.33. The van der Waals surface area contributed by atoms with Gasteiger partial charge in [0.15, 0.2) is 0 Å². The topological polar surface area (TPSA) is 116 Å². The minimum Gasteiger partial charge on any atom is -0.444 e. The van der Waals surface area contributed by atoms with Crippen molar-refractivity contribution in [3.63, 3.8) is 0 Å². The zero-order valence-electron chi connectivity index (χ0n) is 17.9. The maximum absolute atomic E-state index is 13.3. The van der Waals surface area contributed by atoms with Crippen molar-refractivity contribution in [2.45, 2.75) is 50.3 Å². The number of halogens is 2. The summed E-state index contributed by atoms with van der Waals surface area (Å²) in [4.78, 5) is 38.1. The van der Waals surface area contributed by atoms with E-state index in [1.807, 2.05) is 4.90 Å². The van der Waals surface area contributed by atoms with Crippen molar-refractivity contribution in [2.75, 3.05) is 18.0 Å². The molecule has 176 valence electrons. The smallest absolute Gasteiger partial charge is 0.407 e. The summed E-state index contributed by atoms with van der Waals surface area (Å²) in [5.41, 5.74) is 0.353. The van der Waals surface area contributed by atoms with Crippen LogP contribution >= 0.6 is 11.6 Å². The molecular formula is C22H25ClFN5O4. The molecule has 2 aromatic rings. The van der Waals surface area contributed by atoms with Gasteiger partial charge in [-0.15, -0.1) is 0 Å². The highest BCUT2D eigenvalue weighted by atomic mass is 35.5. The Balaban J connectivity index is 1.19. The molecule has 0 bridgehead atoms. The van der Waals surface area contributed by atoms with Gasteiger partial charge in [0.05, 0.1) is 18.4 Å². The van der Waals surface area contributed by atoms with Crippen LogP contribution in [0.15, 0.2) is 35.3 Å². The fraction of sp³-hybridized carbons (Fsp3) is 0.455. The van der Waals surface area contributed by atoms with Gasteiger partial charge in [0.1, 0.15) is 16.9 Å². The van der Waals surface area contributed by atoms with Gasteiger partial charge in [0.2, 0.25) is 0 Å². The number of hydrogen-bond acceptors (Lipinski definition) is 6. The van der Waals surface area contributed by atoms with Gasteiger partial charge in [0.25, 0.3) is 11.5 Å². The Bertz CT molecular complexity index is 1070. The molecule has 11 heteroatoms. The van der Waals surface area contributed by atoms with Crippen molar-refractivity contribution in [1.29, 1.82) is 0 Å². The molecule has 1 aromatic carbocycles. The number of carbonyl (C=O) groups excluding carboxylic acids is 2. The SMILES string of the molecule is O=C(NC1CCC(NC(=O)c2cccc(F)c2)CC1)O[C@@H]1CCN(c2cn[nH]c(=O)c2Cl)C1. The Hall–Kier alpha value is -3.14. The highest BCUT2D eigenvalue weighted by Crippen LogP contribution is 2.26. The number of alkyl carbamates (subject to hydrolysis) is 1. The van der Waals surface area contributed by atoms with Crippen LogP contribution in [0.3, 0.4) is 0 Å². The lowest BCUT2D eigenvalue weighted by molar-refractivity contribution is 0.0908. The van der Waals surface area contributed by atoms with Crippen molar-refractivity contribution in [1.82, 2.24) is 20.8 Å². The van der Waals surface area contributed by atoms with Crippen molar-refractivity contribution in [3.05, 3.63) is 57.2 Å². The number of ether oxygens (including phenoxy) is 1. The molecule has 2 aliphatic rings. The summed E-state index contributed by atoms with van der Waals surface area (Å²) in [6, 6.07) is 5.53. The Morgan fingerprint density at radius 2 is 1.88 bits per heavy atom. The lowest BCUT2D eigenvalue weighted by Gasteiger charge is -2.29. The molecule has 2 heterocycles. The average Bonchev–Trinajstić information content (AvgIpc) is 3.25. The van der Waals surface area contributed by atoms with Crippen LogP contribution in [0.5, 0.6) is 0 Å². The minimum atomic E-state index is -0.482. The first-order chi connectivity index (χ1) is 15.9. The van der Waals surface area contributed by atoms with Crippen molar-refractivity contribution >= 4 is 29.3 Å². The zero-order valence-corrected chi connectivity index (χ0v) is 18.6. The molecule has 2 fully saturated rings. The summed E-state index contributed by atoms with van der Waals surface area (Å²) < 4.78 is 18.9. The van der Waals surface area contributed by atoms with Crippen LogP contribution in [0.2, 0.25) is 5.02 Å². The van der Waals surface area contributed by atoms with E-state index in [-0.39, 0.29) is 29.1 Å². The summed E-state index contributed by atoms with van der Waals surface area (Å²) in [7, 11) is 0. The van der Waals surface area contributed by atoms with E-state index in [9.17, 15) is 18.8 Å². The Labute approximate surface area is 194 Å². The number of amides is 2. The summed E-state index contributed by atoms with van der Waals surface area (Å²) in [6.45, 7) is 1.02. The molecule has 33 heavy (non-hydrogen) atoms. The summed E-state index contributed by atoms with van der Waals surface area (Å²) in [5, 5.41) is 11.9. The second kappa shape index (κ2) is 10.2. The standard InChI is InChI=1S/C22H25ClFN5O4/c23-19-18(11-25-28-21(19)31)29-9-8-17(12-29)33-22(32)27-16-6-4-15(5-7-16)26-20(30)13-2-1-3-14(24)10-13/h1-3,10-11,15-17H,4-9,12H2,(H,26,30)(H,27,32)(H,28,31)/t15?,16?,17-/m1/s1. The molecule has 1 aliphatic carbocycles. The number of carbonyl (C=O) groups is 2. The monoisotopic (exact) mass is 477 g/mol. The molecule has 0 radical (unpaired) electrons. The van der Waals surface area contributed by atoms with Gasteiger partial charge in [-0.2, -0.15) is 5.10 Å². The van der Waals surface area contributed by atoms with Gasteiger partial charge >= 0.3 is 6.09 Å². The van der Waals surface area contributed by atoms with E-state index < -0.39 is 17.5 Å². The predicted molar refractivity (Wildman–Crippen MR) is 120 cm³/mol. The number of nitrogens with one attached hydrogen (secondary N) is 3. The third-order valence-electron chi connectivity index (χ3n) is 6.01. The Kier molecular flexibility index (Phi) is 7.12. The molecule has 0 unspecified atom stereocenters. The third-order valence-corrected chi connectivity index (χ3v) is 6.37. The number of benzene rings is 1. The molecule has 1 saturated heterocycles. The second-order valence-electron chi connectivity index (χ2n) is 8.34. The number of nitrogens with zero attached hydrogens (tertiary/aromatic N) is 2. The third kappa shape index (κ3) is 5.81. The van der Waals surface area contributed by atoms with Crippen molar-refractivity contribution in [3.8, 4) is 0 Å². The first-order valence-electron chi connectivity index (χ1n) is 10.9. The number of anilines is 1. The van der Waals surface area contributed by atoms with Crippen LogP contribution < -0.4 is 21.1 Å². The molecule has 1 aliphatic heterocycles. The molecule has 4 rings (SSSR count). The molecule has 3 N–H and O–H groups in total. The minimum absolute atomic E-state index is 0.0226. The number of H-pyrrole nitrogens is 1. The van der Waals surface area contributed by atoms with E-state index in [4.69, 9.17) is 16.3 Å². The van der Waals surface area contributed by atoms with Crippen LogP contribution in [0.25, 0.3) is 0 Å². The van der Waals surface area contributed by atoms with Crippen LogP contribution in [0.4, 0.5) is 14.9 Å². The number of rotatable bonds is 5. The van der Waals surface area contributed by atoms with Gasteiger partial charge in [-0.25, -0.2) is 14.3 Å². The maximum Gasteiger partial charge on any atom is 0.407 e. The fourth-order valence-corrected chi connectivity index (χ4v) is 4.48. The zero-order chi connectivity index (χ0) is 23.4. The van der Waals surface area contributed by atoms with E-state index in [1.54, 1.807) is 6.07 Å². The lowest BCUT2D eigenvalue weighted by Crippen LogP contribution is -2.44. The van der Waals surface area contributed by atoms with Crippen LogP contribution in [0.1, 0.15) is 42.5 Å². The number of hydrogen-bond donors (Lipinski definition) is 3. The van der Waals surface area contributed by atoms with Gasteiger partial charge < -0.3 is 20.3 Å². The average molecular weight is 478 g/mol. The van der Waals surface area contributed by atoms with Gasteiger partial charge in [0, 0.05) is 30.6 Å². The molecule has 1 atom stereocenters. The van der Waals surface area contributed by atoms with Crippen molar-refractivity contribution < 1.29 is 18.7 Å². The van der Waals surface area contributed by atoms with Crippen molar-refractivity contribution in [2.24, 2.45) is 0 Å². The van der Waals surface area contributed by atoms with Gasteiger partial charge in [-0.1, -0.05) is 17.7 Å². The van der Waals surface area contributed by atoms with Gasteiger partial charge in [-0.3, -0.25) is 9.59 Å². The van der Waals surface area contributed by atoms with E-state index >= 15 is 0 Å². The molecule has 1 saturated carbocycles. The maximum atomic E-state index is 13.3. The molecular weight excluding hydrogens is 453 g/mol. The normalized spacial score (nSPS) is 22.6. The number of aromatic nitrogens is 2. The quantitative estimate of drug-likeness (QED) is 0.609. The molecule has 9 nitrogen and oxygen atoms in total. The van der Waals surface area contributed by atoms with Gasteiger partial charge in [-0.05, 0) is 43.9 Å². The molecule has 2 amide bonds. The van der Waals surface area contributed by atoms with Crippen LogP contribution in [0, 0.1) is 5.82 Å². The summed E-state index contributed by atoms with van der Waals surface area (Å²) >= 11 is 6.05. The second-order valence-corrected chi connectivity index (χ2v) is 8.72. The highest BCUT2D eigenvalue weighted by Gasteiger charge is 2.29. The predicted octanol–water partition coefficient (Wildman–Crippen LogP) is 2.61. The molecule has 1 aromatic heterocycles. The first-order valence-corrected chi connectivity index (χ1v) is 11.3. The fourth-order valence-electron chi connectivity index (χ4n) is 4.27. The van der Waals surface area contributed by atoms with Crippen LogP contribution in [-0.4, -0.2) is 53.5 Å². The molecule has 0 spiro atoms.